The van der Waals surface area contributed by atoms with E-state index in [1.165, 1.54) is 10.6 Å². The van der Waals surface area contributed by atoms with Gasteiger partial charge in [0.25, 0.3) is 0 Å². The molecule has 0 aromatic heterocycles. The van der Waals surface area contributed by atoms with Crippen LogP contribution < -0.4 is 10.6 Å². The second-order valence-corrected chi connectivity index (χ2v) is 11.7. The second-order valence-electron chi connectivity index (χ2n) is 5.78. The second kappa shape index (κ2) is 7.76. The number of benzene rings is 2. The van der Waals surface area contributed by atoms with Gasteiger partial charge in [0.15, 0.2) is 0 Å². The first-order chi connectivity index (χ1) is 12.1. The number of halogens is 6. The number of carboxylic acids is 1. The monoisotopic (exact) mass is 432 g/mol. The number of carboxylic acid groups (broad SMARTS) is 1. The van der Waals surface area contributed by atoms with Gasteiger partial charge in [0, 0.05) is 0 Å². The Morgan fingerprint density at radius 1 is 0.852 bits per heavy atom. The Labute approximate surface area is 153 Å². The van der Waals surface area contributed by atoms with Crippen molar-refractivity contribution in [2.45, 2.75) is 13.3 Å². The summed E-state index contributed by atoms with van der Waals surface area (Å²) in [5.74, 6) is -0.713. The summed E-state index contributed by atoms with van der Waals surface area (Å²) in [5, 5.41) is 11.7. The zero-order valence-electron chi connectivity index (χ0n) is 14.4. The summed E-state index contributed by atoms with van der Waals surface area (Å²) in [5.41, 5.74) is 0. The van der Waals surface area contributed by atoms with E-state index in [-0.39, 0.29) is 6.42 Å². The molecular formula is C17H20F6O2P2. The minimum absolute atomic E-state index is 0.228. The van der Waals surface area contributed by atoms with Crippen molar-refractivity contribution in [3.05, 3.63) is 60.7 Å². The molecule has 0 saturated carbocycles. The number of aliphatic carboxylic acids is 1. The summed E-state index contributed by atoms with van der Waals surface area (Å²) in [6.45, 7) is 2.18. The van der Waals surface area contributed by atoms with E-state index in [1.807, 2.05) is 36.4 Å². The average Bonchev–Trinajstić information content (AvgIpc) is 2.55. The van der Waals surface area contributed by atoms with Gasteiger partial charge in [-0.25, -0.2) is 0 Å². The van der Waals surface area contributed by atoms with E-state index in [1.54, 1.807) is 0 Å². The van der Waals surface area contributed by atoms with Crippen molar-refractivity contribution in [3.63, 3.8) is 0 Å². The maximum atomic E-state index is 11.0. The van der Waals surface area contributed by atoms with Gasteiger partial charge >= 0.3 is 39.0 Å². The SMILES string of the molecule is CC[P+](CCC(=O)O)(c1ccccc1)c1ccccc1.F[P-](F)(F)(F)(F)F. The molecule has 0 unspecified atom stereocenters. The topological polar surface area (TPSA) is 37.3 Å². The molecule has 152 valence electrons. The van der Waals surface area contributed by atoms with Crippen LogP contribution in [0.3, 0.4) is 0 Å². The Morgan fingerprint density at radius 2 is 1.19 bits per heavy atom. The molecule has 0 radical (unpaired) electrons. The molecule has 2 aromatic carbocycles. The molecule has 0 amide bonds. The Balaban J connectivity index is 0.000000445. The van der Waals surface area contributed by atoms with Crippen molar-refractivity contribution < 1.29 is 35.1 Å². The Morgan fingerprint density at radius 3 is 1.44 bits per heavy atom. The standard InChI is InChI=1S/C17H19O2P.F6P/c1-2-20(14-13-17(18)19,15-9-5-3-6-10-15)16-11-7-4-8-12-16;1-7(2,3,4,5)6/h3-12H,2,13-14H2,1H3;/q;-1/p+1. The van der Waals surface area contributed by atoms with Gasteiger partial charge in [-0.15, -0.1) is 0 Å². The van der Waals surface area contributed by atoms with E-state index in [0.717, 1.165) is 12.3 Å². The molecule has 0 saturated heterocycles. The van der Waals surface area contributed by atoms with Crippen LogP contribution in [0, 0.1) is 0 Å². The van der Waals surface area contributed by atoms with Crippen LogP contribution in [-0.2, 0) is 4.79 Å². The van der Waals surface area contributed by atoms with Gasteiger partial charge in [-0.1, -0.05) is 36.4 Å². The fraction of sp³-hybridized carbons (Fsp3) is 0.235. The van der Waals surface area contributed by atoms with E-state index in [0.29, 0.717) is 0 Å². The van der Waals surface area contributed by atoms with Gasteiger partial charge in [-0.3, -0.25) is 4.79 Å². The van der Waals surface area contributed by atoms with Crippen LogP contribution in [0.1, 0.15) is 13.3 Å². The molecule has 0 aliphatic heterocycles. The van der Waals surface area contributed by atoms with Gasteiger partial charge in [-0.2, -0.15) is 0 Å². The Bertz CT molecular complexity index is 698. The Kier molecular flexibility index (Phi) is 6.73. The molecule has 0 aliphatic rings. The van der Waals surface area contributed by atoms with Crippen LogP contribution >= 0.6 is 15.1 Å². The zero-order valence-corrected chi connectivity index (χ0v) is 16.2. The predicted molar refractivity (Wildman–Crippen MR) is 100 cm³/mol. The summed E-state index contributed by atoms with van der Waals surface area (Å²) >= 11 is 0. The first-order valence-corrected chi connectivity index (χ1v) is 12.1. The molecule has 27 heavy (non-hydrogen) atoms. The van der Waals surface area contributed by atoms with Crippen molar-refractivity contribution in [2.24, 2.45) is 0 Å². The van der Waals surface area contributed by atoms with Gasteiger partial charge in [0.1, 0.15) is 0 Å². The Hall–Kier alpha value is -1.65. The molecule has 2 rings (SSSR count). The summed E-state index contributed by atoms with van der Waals surface area (Å²) in [7, 11) is -12.3. The third-order valence-corrected chi connectivity index (χ3v) is 8.39. The summed E-state index contributed by atoms with van der Waals surface area (Å²) in [4.78, 5) is 11.0. The van der Waals surface area contributed by atoms with Crippen molar-refractivity contribution >= 4 is 31.6 Å². The normalized spacial score (nSPS) is 14.3. The van der Waals surface area contributed by atoms with E-state index in [2.05, 4.69) is 31.2 Å². The van der Waals surface area contributed by atoms with Crippen LogP contribution in [0.5, 0.6) is 0 Å². The molecule has 2 nitrogen and oxygen atoms in total. The number of rotatable bonds is 6. The molecule has 0 fully saturated rings. The van der Waals surface area contributed by atoms with E-state index in [9.17, 15) is 30.0 Å². The first kappa shape index (κ1) is 23.4. The molecule has 0 atom stereocenters. The van der Waals surface area contributed by atoms with Crippen LogP contribution in [-0.4, -0.2) is 23.4 Å². The van der Waals surface area contributed by atoms with Crippen LogP contribution in [0.25, 0.3) is 0 Å². The molecule has 10 heteroatoms. The van der Waals surface area contributed by atoms with Crippen LogP contribution in [0.4, 0.5) is 25.2 Å². The molecule has 0 aliphatic carbocycles. The van der Waals surface area contributed by atoms with Crippen LogP contribution in [0.2, 0.25) is 0 Å². The first-order valence-electron chi connectivity index (χ1n) is 7.90. The van der Waals surface area contributed by atoms with E-state index in [4.69, 9.17) is 5.11 Å². The van der Waals surface area contributed by atoms with Crippen molar-refractivity contribution in [3.8, 4) is 0 Å². The number of carbonyl (C=O) groups is 1. The average molecular weight is 432 g/mol. The maximum absolute atomic E-state index is 11.0. The molecule has 0 bridgehead atoms. The number of hydrogen-bond acceptors (Lipinski definition) is 1. The zero-order chi connectivity index (χ0) is 20.8. The molecular weight excluding hydrogens is 412 g/mol. The van der Waals surface area contributed by atoms with Gasteiger partial charge in [-0.05, 0) is 31.2 Å². The fourth-order valence-corrected chi connectivity index (χ4v) is 6.56. The molecule has 1 N–H and O–H groups in total. The van der Waals surface area contributed by atoms with Gasteiger partial charge in [0.2, 0.25) is 0 Å². The third-order valence-electron chi connectivity index (χ3n) is 3.75. The minimum atomic E-state index is -10.7. The molecule has 0 spiro atoms. The molecule has 2 aromatic rings. The van der Waals surface area contributed by atoms with E-state index < -0.39 is 21.0 Å². The fourth-order valence-electron chi connectivity index (χ4n) is 2.64. The van der Waals surface area contributed by atoms with Gasteiger partial charge in [0.05, 0.1) is 36.6 Å². The van der Waals surface area contributed by atoms with Crippen LogP contribution in [0.15, 0.2) is 60.7 Å². The van der Waals surface area contributed by atoms with Gasteiger partial charge < -0.3 is 5.11 Å². The van der Waals surface area contributed by atoms with E-state index >= 15 is 0 Å². The summed E-state index contributed by atoms with van der Waals surface area (Å²) in [6.07, 6.45) is 1.95. The van der Waals surface area contributed by atoms with Crippen molar-refractivity contribution in [2.75, 3.05) is 12.3 Å². The van der Waals surface area contributed by atoms with Crippen molar-refractivity contribution in [1.82, 2.24) is 0 Å². The molecule has 0 heterocycles. The number of hydrogen-bond donors (Lipinski definition) is 1. The quantitative estimate of drug-likeness (QED) is 0.416. The summed E-state index contributed by atoms with van der Waals surface area (Å²) in [6, 6.07) is 20.8. The van der Waals surface area contributed by atoms with Crippen molar-refractivity contribution in [1.29, 1.82) is 0 Å². The third kappa shape index (κ3) is 9.73. The predicted octanol–water partition coefficient (Wildman–Crippen LogP) is 6.53. The summed E-state index contributed by atoms with van der Waals surface area (Å²) < 4.78 is 59.2.